The van der Waals surface area contributed by atoms with Gasteiger partial charge in [-0.25, -0.2) is 4.98 Å². The predicted octanol–water partition coefficient (Wildman–Crippen LogP) is 4.98. The van der Waals surface area contributed by atoms with Crippen molar-refractivity contribution in [2.75, 3.05) is 20.6 Å². The van der Waals surface area contributed by atoms with Crippen molar-refractivity contribution >= 4 is 27.5 Å². The Morgan fingerprint density at radius 2 is 1.43 bits per heavy atom. The van der Waals surface area contributed by atoms with Gasteiger partial charge in [-0.2, -0.15) is 0 Å². The molecule has 0 saturated heterocycles. The van der Waals surface area contributed by atoms with Crippen molar-refractivity contribution < 1.29 is 4.79 Å². The Hall–Kier alpha value is -3.02. The number of nitrogens with zero attached hydrogens (tertiary/aromatic N) is 3. The third kappa shape index (κ3) is 4.58. The van der Waals surface area contributed by atoms with Gasteiger partial charge in [0.05, 0.1) is 29.3 Å². The molecule has 0 aliphatic carbocycles. The summed E-state index contributed by atoms with van der Waals surface area (Å²) < 4.78 is 1.15. The van der Waals surface area contributed by atoms with Crippen molar-refractivity contribution in [3.63, 3.8) is 0 Å². The van der Waals surface area contributed by atoms with E-state index in [-0.39, 0.29) is 11.9 Å². The molecule has 0 bridgehead atoms. The average molecular weight is 416 g/mol. The second-order valence-corrected chi connectivity index (χ2v) is 8.58. The van der Waals surface area contributed by atoms with Crippen LogP contribution in [0.3, 0.4) is 0 Å². The maximum Gasteiger partial charge on any atom is 0.236 e. The van der Waals surface area contributed by atoms with Gasteiger partial charge < -0.3 is 4.90 Å². The van der Waals surface area contributed by atoms with Crippen LogP contribution in [0.2, 0.25) is 0 Å². The van der Waals surface area contributed by atoms with Crippen molar-refractivity contribution in [1.82, 2.24) is 14.8 Å². The first-order valence-corrected chi connectivity index (χ1v) is 10.8. The molecule has 0 aliphatic heterocycles. The minimum absolute atomic E-state index is 0.0206. The molecule has 0 unspecified atom stereocenters. The van der Waals surface area contributed by atoms with E-state index in [0.29, 0.717) is 13.1 Å². The van der Waals surface area contributed by atoms with Gasteiger partial charge in [-0.1, -0.05) is 72.8 Å². The number of likely N-dealkylation sites (N-methyl/N-ethyl adjacent to an activating group) is 2. The third-order valence-electron chi connectivity index (χ3n) is 5.19. The van der Waals surface area contributed by atoms with Crippen molar-refractivity contribution in [1.29, 1.82) is 0 Å². The van der Waals surface area contributed by atoms with Crippen LogP contribution in [0.15, 0.2) is 84.9 Å². The second-order valence-electron chi connectivity index (χ2n) is 7.46. The van der Waals surface area contributed by atoms with E-state index < -0.39 is 0 Å². The van der Waals surface area contributed by atoms with Crippen molar-refractivity contribution in [2.24, 2.45) is 0 Å². The van der Waals surface area contributed by atoms with Crippen LogP contribution >= 0.6 is 11.3 Å². The zero-order valence-corrected chi connectivity index (χ0v) is 18.0. The highest BCUT2D eigenvalue weighted by Crippen LogP contribution is 2.27. The molecule has 4 rings (SSSR count). The van der Waals surface area contributed by atoms with E-state index in [2.05, 4.69) is 40.2 Å². The molecule has 1 heterocycles. The quantitative estimate of drug-likeness (QED) is 0.427. The number of aromatic nitrogens is 1. The lowest BCUT2D eigenvalue weighted by molar-refractivity contribution is -0.131. The zero-order chi connectivity index (χ0) is 20.9. The molecule has 1 amide bonds. The summed E-state index contributed by atoms with van der Waals surface area (Å²) in [4.78, 5) is 21.5. The zero-order valence-electron chi connectivity index (χ0n) is 17.2. The molecule has 30 heavy (non-hydrogen) atoms. The summed E-state index contributed by atoms with van der Waals surface area (Å²) in [5.74, 6) is 0.0774. The summed E-state index contributed by atoms with van der Waals surface area (Å²) in [6.45, 7) is 0.850. The second kappa shape index (κ2) is 9.20. The highest BCUT2D eigenvalue weighted by Gasteiger charge is 2.22. The Bertz CT molecular complexity index is 1040. The van der Waals surface area contributed by atoms with Gasteiger partial charge in [0.2, 0.25) is 5.91 Å². The molecule has 0 atom stereocenters. The first kappa shape index (κ1) is 20.3. The standard InChI is InChI=1S/C25H25N3OS/c1-27(17-23-26-21-15-9-10-16-22(21)30-23)24(29)18-28(2)25(19-11-5-3-6-12-19)20-13-7-4-8-14-20/h3-16,25H,17-18H2,1-2H3. The smallest absolute Gasteiger partial charge is 0.236 e. The lowest BCUT2D eigenvalue weighted by atomic mass is 9.97. The molecule has 3 aromatic carbocycles. The largest absolute Gasteiger partial charge is 0.338 e. The van der Waals surface area contributed by atoms with Gasteiger partial charge in [-0.3, -0.25) is 9.69 Å². The van der Waals surface area contributed by atoms with Gasteiger partial charge in [-0.15, -0.1) is 11.3 Å². The van der Waals surface area contributed by atoms with Gasteiger partial charge in [0.25, 0.3) is 0 Å². The van der Waals surface area contributed by atoms with Gasteiger partial charge in [0.15, 0.2) is 0 Å². The van der Waals surface area contributed by atoms with E-state index in [1.807, 2.05) is 68.7 Å². The number of hydrogen-bond acceptors (Lipinski definition) is 4. The predicted molar refractivity (Wildman–Crippen MR) is 123 cm³/mol. The molecular weight excluding hydrogens is 390 g/mol. The molecule has 0 fully saturated rings. The van der Waals surface area contributed by atoms with Crippen LogP contribution in [-0.2, 0) is 11.3 Å². The van der Waals surface area contributed by atoms with E-state index in [1.54, 1.807) is 16.2 Å². The third-order valence-corrected chi connectivity index (χ3v) is 6.21. The van der Waals surface area contributed by atoms with E-state index in [4.69, 9.17) is 0 Å². The van der Waals surface area contributed by atoms with Gasteiger partial charge >= 0.3 is 0 Å². The van der Waals surface area contributed by atoms with E-state index in [0.717, 1.165) is 15.2 Å². The first-order chi connectivity index (χ1) is 14.6. The van der Waals surface area contributed by atoms with Crippen LogP contribution in [0, 0.1) is 0 Å². The Balaban J connectivity index is 1.48. The molecule has 5 heteroatoms. The number of thiazole rings is 1. The van der Waals surface area contributed by atoms with E-state index >= 15 is 0 Å². The Morgan fingerprint density at radius 3 is 2.03 bits per heavy atom. The molecular formula is C25H25N3OS. The summed E-state index contributed by atoms with van der Waals surface area (Å²) >= 11 is 1.64. The molecule has 4 nitrogen and oxygen atoms in total. The Labute approximate surface area is 181 Å². The number of carbonyl (C=O) groups excluding carboxylic acids is 1. The van der Waals surface area contributed by atoms with Crippen LogP contribution in [0.5, 0.6) is 0 Å². The summed E-state index contributed by atoms with van der Waals surface area (Å²) in [6.07, 6.45) is 0. The molecule has 4 aromatic rings. The fourth-order valence-electron chi connectivity index (χ4n) is 3.68. The van der Waals surface area contributed by atoms with Crippen LogP contribution in [-0.4, -0.2) is 41.3 Å². The van der Waals surface area contributed by atoms with Gasteiger partial charge in [0, 0.05) is 7.05 Å². The fraction of sp³-hybridized carbons (Fsp3) is 0.200. The van der Waals surface area contributed by atoms with Gasteiger partial charge in [-0.05, 0) is 30.3 Å². The number of carbonyl (C=O) groups is 1. The number of amides is 1. The average Bonchev–Trinajstić information content (AvgIpc) is 3.17. The summed E-state index contributed by atoms with van der Waals surface area (Å²) in [5.41, 5.74) is 3.34. The number of para-hydroxylation sites is 1. The van der Waals surface area contributed by atoms with Crippen molar-refractivity contribution in [3.05, 3.63) is 101 Å². The molecule has 0 saturated carbocycles. The Kier molecular flexibility index (Phi) is 6.21. The topological polar surface area (TPSA) is 36.4 Å². The number of rotatable bonds is 7. The molecule has 1 aromatic heterocycles. The van der Waals surface area contributed by atoms with Crippen molar-refractivity contribution in [2.45, 2.75) is 12.6 Å². The number of hydrogen-bond donors (Lipinski definition) is 0. The lowest BCUT2D eigenvalue weighted by Crippen LogP contribution is -2.38. The minimum atomic E-state index is 0.0206. The molecule has 0 N–H and O–H groups in total. The van der Waals surface area contributed by atoms with E-state index in [9.17, 15) is 4.79 Å². The summed E-state index contributed by atoms with van der Waals surface area (Å²) in [6, 6.07) is 28.8. The monoisotopic (exact) mass is 415 g/mol. The van der Waals surface area contributed by atoms with Crippen LogP contribution in [0.25, 0.3) is 10.2 Å². The maximum atomic E-state index is 13.0. The summed E-state index contributed by atoms with van der Waals surface area (Å²) in [5, 5.41) is 0.956. The molecule has 152 valence electrons. The highest BCUT2D eigenvalue weighted by molar-refractivity contribution is 7.18. The summed E-state index contributed by atoms with van der Waals surface area (Å²) in [7, 11) is 3.86. The molecule has 0 radical (unpaired) electrons. The molecule has 0 spiro atoms. The first-order valence-electron chi connectivity index (χ1n) is 10.0. The minimum Gasteiger partial charge on any atom is -0.338 e. The number of benzene rings is 3. The Morgan fingerprint density at radius 1 is 0.867 bits per heavy atom. The number of fused-ring (bicyclic) bond motifs is 1. The van der Waals surface area contributed by atoms with Crippen LogP contribution < -0.4 is 0 Å². The highest BCUT2D eigenvalue weighted by atomic mass is 32.1. The van der Waals surface area contributed by atoms with E-state index in [1.165, 1.54) is 11.1 Å². The van der Waals surface area contributed by atoms with Crippen LogP contribution in [0.4, 0.5) is 0 Å². The fourth-order valence-corrected chi connectivity index (χ4v) is 4.70. The van der Waals surface area contributed by atoms with Crippen molar-refractivity contribution in [3.8, 4) is 0 Å². The SMILES string of the molecule is CN(Cc1nc2ccccc2s1)C(=O)CN(C)C(c1ccccc1)c1ccccc1. The lowest BCUT2D eigenvalue weighted by Gasteiger charge is -2.30. The van der Waals surface area contributed by atoms with Crippen LogP contribution in [0.1, 0.15) is 22.2 Å². The molecule has 0 aliphatic rings. The van der Waals surface area contributed by atoms with Gasteiger partial charge in [0.1, 0.15) is 5.01 Å². The normalized spacial score (nSPS) is 11.3. The maximum absolute atomic E-state index is 13.0.